The zero-order valence-electron chi connectivity index (χ0n) is 25.3. The van der Waals surface area contributed by atoms with E-state index in [2.05, 4.69) is 27.2 Å². The molecule has 2 aromatic heterocycles. The van der Waals surface area contributed by atoms with Crippen molar-refractivity contribution in [2.75, 3.05) is 44.6 Å². The molecule has 0 bridgehead atoms. The third-order valence-corrected chi connectivity index (χ3v) is 7.22. The number of benzene rings is 1. The summed E-state index contributed by atoms with van der Waals surface area (Å²) in [7, 11) is 4.69. The lowest BCUT2D eigenvalue weighted by atomic mass is 10.1. The first-order valence-corrected chi connectivity index (χ1v) is 14.0. The molecule has 0 radical (unpaired) electrons. The number of rotatable bonds is 7. The van der Waals surface area contributed by atoms with E-state index in [4.69, 9.17) is 28.9 Å². The maximum absolute atomic E-state index is 12.9. The molecule has 2 aliphatic heterocycles. The summed E-state index contributed by atoms with van der Waals surface area (Å²) in [6.07, 6.45) is 7.38. The van der Waals surface area contributed by atoms with Gasteiger partial charge in [0.25, 0.3) is 0 Å². The maximum atomic E-state index is 12.9. The third kappa shape index (κ3) is 6.33. The number of aliphatic hydroxyl groups excluding tert-OH is 1. The van der Waals surface area contributed by atoms with Gasteiger partial charge < -0.3 is 43.7 Å². The van der Waals surface area contributed by atoms with E-state index in [9.17, 15) is 9.90 Å². The second kappa shape index (κ2) is 12.2. The van der Waals surface area contributed by atoms with Crippen LogP contribution in [-0.2, 0) is 17.7 Å². The van der Waals surface area contributed by atoms with Crippen LogP contribution in [-0.4, -0.2) is 81.7 Å². The van der Waals surface area contributed by atoms with E-state index in [0.717, 1.165) is 29.8 Å². The number of ether oxygens (including phenoxy) is 4. The summed E-state index contributed by atoms with van der Waals surface area (Å²) in [5.74, 6) is 6.00. The number of nitrogens with zero attached hydrogens (tertiary/aromatic N) is 6. The molecule has 1 aromatic carbocycles. The van der Waals surface area contributed by atoms with Gasteiger partial charge in [-0.05, 0) is 39.5 Å². The van der Waals surface area contributed by atoms with Gasteiger partial charge in [0, 0.05) is 37.2 Å². The van der Waals surface area contributed by atoms with Crippen LogP contribution in [0.25, 0.3) is 5.69 Å². The van der Waals surface area contributed by atoms with Crippen molar-refractivity contribution in [1.82, 2.24) is 24.4 Å². The number of aliphatic hydroxyl groups is 1. The van der Waals surface area contributed by atoms with E-state index >= 15 is 0 Å². The van der Waals surface area contributed by atoms with E-state index in [-0.39, 0.29) is 12.1 Å². The van der Waals surface area contributed by atoms with Gasteiger partial charge in [-0.2, -0.15) is 4.98 Å². The molecule has 1 saturated heterocycles. The predicted octanol–water partition coefficient (Wildman–Crippen LogP) is 4.03. The molecule has 1 amide bonds. The molecule has 1 unspecified atom stereocenters. The number of amides is 1. The number of imidazole rings is 1. The van der Waals surface area contributed by atoms with Crippen molar-refractivity contribution < 1.29 is 28.8 Å². The van der Waals surface area contributed by atoms with Crippen LogP contribution < -0.4 is 24.4 Å². The molecule has 228 valence electrons. The minimum absolute atomic E-state index is 0.201. The second-order valence-corrected chi connectivity index (χ2v) is 11.2. The van der Waals surface area contributed by atoms with Gasteiger partial charge in [0.15, 0.2) is 17.3 Å². The molecule has 0 spiro atoms. The zero-order valence-corrected chi connectivity index (χ0v) is 25.3. The fourth-order valence-corrected chi connectivity index (χ4v) is 5.28. The van der Waals surface area contributed by atoms with Gasteiger partial charge in [0.05, 0.1) is 51.5 Å². The van der Waals surface area contributed by atoms with Crippen LogP contribution in [0.2, 0.25) is 0 Å². The van der Waals surface area contributed by atoms with E-state index in [1.54, 1.807) is 32.6 Å². The molecule has 1 atom stereocenters. The van der Waals surface area contributed by atoms with Crippen molar-refractivity contribution in [3.05, 3.63) is 35.9 Å². The second-order valence-electron chi connectivity index (χ2n) is 11.2. The molecule has 43 heavy (non-hydrogen) atoms. The monoisotopic (exact) mass is 591 g/mol. The average molecular weight is 592 g/mol. The molecule has 13 nitrogen and oxygen atoms in total. The molecule has 5 rings (SSSR count). The lowest BCUT2D eigenvalue weighted by molar-refractivity contribution is 0.0223. The molecule has 0 saturated carbocycles. The molecule has 13 heteroatoms. The highest BCUT2D eigenvalue weighted by Crippen LogP contribution is 2.39. The number of aromatic nitrogens is 4. The first-order chi connectivity index (χ1) is 20.6. The van der Waals surface area contributed by atoms with Crippen LogP contribution in [0.4, 0.5) is 22.4 Å². The van der Waals surface area contributed by atoms with Crippen LogP contribution in [0.3, 0.4) is 0 Å². The summed E-state index contributed by atoms with van der Waals surface area (Å²) in [5, 5.41) is 12.6. The van der Waals surface area contributed by atoms with E-state index in [1.807, 2.05) is 43.7 Å². The Bertz CT molecular complexity index is 1530. The normalized spacial score (nSPS) is 16.2. The Morgan fingerprint density at radius 3 is 2.49 bits per heavy atom. The standard InChI is InChI=1S/C30H37N7O6/c1-30(2,3)43-29(39)35-12-9-22-21(16-35)27(37-11-7-8-19(37)10-13-38)34-28(32-22)33-25-17-36(18-31-25)20-14-23(40-4)26(42-6)24(15-20)41-5/h14-15,17-19,38H,7-9,11-12,16H2,1-6H3,(H,32,33,34). The number of nitrogens with one attached hydrogen (secondary N) is 1. The van der Waals surface area contributed by atoms with Crippen molar-refractivity contribution in [3.63, 3.8) is 0 Å². The summed E-state index contributed by atoms with van der Waals surface area (Å²) in [6, 6.07) is 3.45. The Morgan fingerprint density at radius 2 is 1.84 bits per heavy atom. The number of carbonyl (C=O) groups excluding carboxylic acids is 1. The molecule has 4 heterocycles. The van der Waals surface area contributed by atoms with Gasteiger partial charge in [-0.25, -0.2) is 14.8 Å². The topological polar surface area (TPSA) is 136 Å². The lowest BCUT2D eigenvalue weighted by Gasteiger charge is -2.33. The van der Waals surface area contributed by atoms with Gasteiger partial charge in [-0.3, -0.25) is 0 Å². The Hall–Kier alpha value is -4.86. The minimum Gasteiger partial charge on any atom is -0.493 e. The van der Waals surface area contributed by atoms with Crippen LogP contribution in [0, 0.1) is 12.0 Å². The van der Waals surface area contributed by atoms with E-state index < -0.39 is 5.60 Å². The Labute approximate surface area is 250 Å². The highest BCUT2D eigenvalue weighted by molar-refractivity contribution is 5.70. The fourth-order valence-electron chi connectivity index (χ4n) is 5.28. The summed E-state index contributed by atoms with van der Waals surface area (Å²) in [5.41, 5.74) is 1.83. The number of carbonyl (C=O) groups is 1. The average Bonchev–Trinajstić information content (AvgIpc) is 3.64. The van der Waals surface area contributed by atoms with Gasteiger partial charge in [0.2, 0.25) is 11.7 Å². The predicted molar refractivity (Wildman–Crippen MR) is 159 cm³/mol. The van der Waals surface area contributed by atoms with E-state index in [1.165, 1.54) is 0 Å². The first-order valence-electron chi connectivity index (χ1n) is 14.0. The maximum Gasteiger partial charge on any atom is 0.410 e. The van der Waals surface area contributed by atoms with Gasteiger partial charge in [-0.1, -0.05) is 0 Å². The summed E-state index contributed by atoms with van der Waals surface area (Å²) in [4.78, 5) is 30.9. The highest BCUT2D eigenvalue weighted by atomic mass is 16.6. The van der Waals surface area contributed by atoms with Gasteiger partial charge in [0.1, 0.15) is 23.9 Å². The molecule has 2 aliphatic rings. The lowest BCUT2D eigenvalue weighted by Crippen LogP contribution is -2.41. The van der Waals surface area contributed by atoms with Crippen molar-refractivity contribution in [2.45, 2.75) is 58.2 Å². The Morgan fingerprint density at radius 1 is 1.09 bits per heavy atom. The number of fused-ring (bicyclic) bond motifs is 1. The molecule has 3 aromatic rings. The first kappa shape index (κ1) is 29.6. The van der Waals surface area contributed by atoms with Crippen LogP contribution in [0.5, 0.6) is 17.2 Å². The van der Waals surface area contributed by atoms with Crippen LogP contribution in [0.15, 0.2) is 24.7 Å². The SMILES string of the molecule is COc1cc(-n2cnc(Nc3nc4c(c(N5CCCC5C#CO)n3)CN(C(=O)OC(C)(C)C)CC4)c2)cc(OC)c1OC. The Balaban J connectivity index is 1.47. The molecule has 1 fully saturated rings. The van der Waals surface area contributed by atoms with Crippen molar-refractivity contribution in [2.24, 2.45) is 0 Å². The van der Waals surface area contributed by atoms with E-state index in [0.29, 0.717) is 60.9 Å². The van der Waals surface area contributed by atoms with Crippen molar-refractivity contribution in [3.8, 4) is 35.0 Å². The number of hydrogen-bond donors (Lipinski definition) is 2. The highest BCUT2D eigenvalue weighted by Gasteiger charge is 2.33. The number of hydrogen-bond acceptors (Lipinski definition) is 11. The largest absolute Gasteiger partial charge is 0.493 e. The molecule has 0 aliphatic carbocycles. The van der Waals surface area contributed by atoms with Crippen LogP contribution >= 0.6 is 0 Å². The quantitative estimate of drug-likeness (QED) is 0.386. The number of methoxy groups -OCH3 is 3. The third-order valence-electron chi connectivity index (χ3n) is 7.22. The minimum atomic E-state index is -0.604. The fraction of sp³-hybridized carbons (Fsp3) is 0.467. The summed E-state index contributed by atoms with van der Waals surface area (Å²) in [6.45, 7) is 7.03. The summed E-state index contributed by atoms with van der Waals surface area (Å²) >= 11 is 0. The smallest absolute Gasteiger partial charge is 0.410 e. The van der Waals surface area contributed by atoms with Gasteiger partial charge >= 0.3 is 6.09 Å². The van der Waals surface area contributed by atoms with Gasteiger partial charge in [-0.15, -0.1) is 0 Å². The molecular weight excluding hydrogens is 554 g/mol. The molecular formula is C30H37N7O6. The van der Waals surface area contributed by atoms with Crippen molar-refractivity contribution in [1.29, 1.82) is 0 Å². The van der Waals surface area contributed by atoms with Crippen molar-refractivity contribution >= 4 is 23.7 Å². The van der Waals surface area contributed by atoms with Crippen LogP contribution in [0.1, 0.15) is 44.9 Å². The number of anilines is 3. The zero-order chi connectivity index (χ0) is 30.7. The summed E-state index contributed by atoms with van der Waals surface area (Å²) < 4.78 is 23.9. The molecule has 2 N–H and O–H groups in total. The Kier molecular flexibility index (Phi) is 8.38.